The van der Waals surface area contributed by atoms with Crippen molar-refractivity contribution in [3.8, 4) is 0 Å². The van der Waals surface area contributed by atoms with E-state index in [1.165, 1.54) is 4.31 Å². The van der Waals surface area contributed by atoms with E-state index in [0.29, 0.717) is 51.0 Å². The molecule has 0 atom stereocenters. The van der Waals surface area contributed by atoms with Crippen molar-refractivity contribution in [1.29, 1.82) is 0 Å². The van der Waals surface area contributed by atoms with Crippen molar-refractivity contribution >= 4 is 56.4 Å². The second-order valence-corrected chi connectivity index (χ2v) is 12.5. The number of amidine groups is 1. The molecule has 6 rings (SSSR count). The van der Waals surface area contributed by atoms with Crippen molar-refractivity contribution < 1.29 is 13.2 Å². The van der Waals surface area contributed by atoms with Crippen molar-refractivity contribution in [1.82, 2.24) is 19.6 Å². The Bertz CT molecular complexity index is 1680. The molecule has 13 heteroatoms. The third kappa shape index (κ3) is 4.82. The third-order valence-corrected chi connectivity index (χ3v) is 9.81. The summed E-state index contributed by atoms with van der Waals surface area (Å²) < 4.78 is 28.6. The number of hydrogen-bond donors (Lipinski definition) is 3. The zero-order chi connectivity index (χ0) is 28.1. The number of aromatic nitrogens is 2. The molecule has 206 valence electrons. The average molecular weight is 579 g/mol. The molecule has 11 nitrogen and oxygen atoms in total. The maximum atomic E-state index is 13.5. The summed E-state index contributed by atoms with van der Waals surface area (Å²) in [6, 6.07) is 15.1. The Morgan fingerprint density at radius 1 is 1.00 bits per heavy atom. The highest BCUT2D eigenvalue weighted by molar-refractivity contribution is 7.89. The number of hydrogen-bond acceptors (Lipinski definition) is 9. The van der Waals surface area contributed by atoms with Gasteiger partial charge in [-0.3, -0.25) is 14.8 Å². The van der Waals surface area contributed by atoms with Crippen molar-refractivity contribution in [2.45, 2.75) is 42.5 Å². The van der Waals surface area contributed by atoms with Gasteiger partial charge in [0.25, 0.3) is 5.91 Å². The molecule has 1 spiro atoms. The molecule has 3 aliphatic heterocycles. The molecule has 0 radical (unpaired) electrons. The predicted molar refractivity (Wildman–Crippen MR) is 154 cm³/mol. The number of nitrogen functional groups attached to an aromatic ring is 2. The molecule has 3 aliphatic rings. The lowest BCUT2D eigenvalue weighted by Crippen LogP contribution is -2.45. The van der Waals surface area contributed by atoms with Crippen molar-refractivity contribution in [2.24, 2.45) is 9.98 Å². The molecule has 2 aromatic carbocycles. The molecule has 3 aromatic rings. The van der Waals surface area contributed by atoms with Crippen LogP contribution in [0, 0.1) is 0 Å². The standard InChI is InChI=1S/C27H27ClN8O3S/c28-23-25(30)34-24(29)22(33-23)26(37)32-21-8-9-27(35-21)10-12-36(13-11-27)40(38,39)18-6-7-19-17(14-18)15-20(31-19)16-4-2-1-3-5-16/h1-7,14H,8-13,15H2,(H4,29,30,34)(H,32,35,37). The van der Waals surface area contributed by atoms with E-state index in [-0.39, 0.29) is 27.4 Å². The first-order valence-corrected chi connectivity index (χ1v) is 14.7. The van der Waals surface area contributed by atoms with Crippen molar-refractivity contribution in [3.05, 3.63) is 70.5 Å². The van der Waals surface area contributed by atoms with Gasteiger partial charge in [-0.25, -0.2) is 18.4 Å². The topological polar surface area (TPSA) is 169 Å². The molecule has 1 saturated heterocycles. The second-order valence-electron chi connectivity index (χ2n) is 10.2. The number of amides is 1. The Labute approximate surface area is 236 Å². The van der Waals surface area contributed by atoms with E-state index in [1.54, 1.807) is 18.2 Å². The van der Waals surface area contributed by atoms with Gasteiger partial charge in [-0.2, -0.15) is 4.31 Å². The number of piperidine rings is 1. The summed E-state index contributed by atoms with van der Waals surface area (Å²) in [6.45, 7) is 0.670. The van der Waals surface area contributed by atoms with E-state index in [4.69, 9.17) is 33.1 Å². The Kier molecular flexibility index (Phi) is 6.56. The fraction of sp³-hybridized carbons (Fsp3) is 0.296. The number of nitrogens with one attached hydrogen (secondary N) is 1. The van der Waals surface area contributed by atoms with Gasteiger partial charge in [0.2, 0.25) is 10.0 Å². The highest BCUT2D eigenvalue weighted by atomic mass is 35.5. The number of halogens is 1. The smallest absolute Gasteiger partial charge is 0.279 e. The van der Waals surface area contributed by atoms with E-state index < -0.39 is 21.5 Å². The number of carbonyl (C=O) groups is 1. The first kappa shape index (κ1) is 26.4. The highest BCUT2D eigenvalue weighted by Gasteiger charge is 2.41. The van der Waals surface area contributed by atoms with Crippen LogP contribution in [-0.4, -0.2) is 58.8 Å². The van der Waals surface area contributed by atoms with Gasteiger partial charge in [-0.15, -0.1) is 0 Å². The van der Waals surface area contributed by atoms with Crippen LogP contribution in [0.1, 0.15) is 47.3 Å². The largest absolute Gasteiger partial charge is 0.382 e. The number of anilines is 2. The number of carbonyl (C=O) groups excluding carboxylic acids is 1. The van der Waals surface area contributed by atoms with Crippen LogP contribution in [0.4, 0.5) is 17.3 Å². The van der Waals surface area contributed by atoms with Crippen molar-refractivity contribution in [3.63, 3.8) is 0 Å². The Hall–Kier alpha value is -3.87. The van der Waals surface area contributed by atoms with E-state index in [1.807, 2.05) is 30.3 Å². The van der Waals surface area contributed by atoms with Gasteiger partial charge in [-0.05, 0) is 48.6 Å². The second kappa shape index (κ2) is 9.95. The molecule has 0 unspecified atom stereocenters. The maximum absolute atomic E-state index is 13.5. The average Bonchev–Trinajstić information content (AvgIpc) is 3.55. The molecule has 1 aromatic heterocycles. The van der Waals surface area contributed by atoms with E-state index in [9.17, 15) is 13.2 Å². The number of aliphatic imine (C=N–C) groups is 2. The number of sulfonamides is 1. The minimum Gasteiger partial charge on any atom is -0.382 e. The summed E-state index contributed by atoms with van der Waals surface area (Å²) in [6.07, 6.45) is 2.94. The third-order valence-electron chi connectivity index (χ3n) is 7.64. The van der Waals surface area contributed by atoms with Crippen LogP contribution in [-0.2, 0) is 16.4 Å². The summed E-state index contributed by atoms with van der Waals surface area (Å²) in [5, 5.41) is 2.64. The molecule has 0 bridgehead atoms. The lowest BCUT2D eigenvalue weighted by atomic mass is 9.87. The monoisotopic (exact) mass is 578 g/mol. The van der Waals surface area contributed by atoms with Gasteiger partial charge in [0, 0.05) is 25.9 Å². The number of benzene rings is 2. The fourth-order valence-electron chi connectivity index (χ4n) is 5.43. The minimum absolute atomic E-state index is 0.0558. The fourth-order valence-corrected chi connectivity index (χ4v) is 7.05. The summed E-state index contributed by atoms with van der Waals surface area (Å²) in [7, 11) is -3.68. The quantitative estimate of drug-likeness (QED) is 0.427. The summed E-state index contributed by atoms with van der Waals surface area (Å²) in [4.78, 5) is 30.2. The predicted octanol–water partition coefficient (Wildman–Crippen LogP) is 3.12. The molecule has 40 heavy (non-hydrogen) atoms. The molecule has 0 aliphatic carbocycles. The Balaban J connectivity index is 1.11. The molecule has 1 amide bonds. The number of nitrogens with two attached hydrogens (primary N) is 2. The van der Waals surface area contributed by atoms with Crippen LogP contribution in [0.15, 0.2) is 63.4 Å². The van der Waals surface area contributed by atoms with Crippen LogP contribution in [0.25, 0.3) is 0 Å². The normalized spacial score (nSPS) is 18.3. The summed E-state index contributed by atoms with van der Waals surface area (Å²) >= 11 is 5.89. The first-order valence-electron chi connectivity index (χ1n) is 12.9. The van der Waals surface area contributed by atoms with Crippen LogP contribution in [0.5, 0.6) is 0 Å². The molecule has 5 N–H and O–H groups in total. The summed E-state index contributed by atoms with van der Waals surface area (Å²) in [5.74, 6) is -0.248. The highest BCUT2D eigenvalue weighted by Crippen LogP contribution is 2.38. The number of nitrogens with zero attached hydrogens (tertiary/aromatic N) is 5. The lowest BCUT2D eigenvalue weighted by Gasteiger charge is -2.36. The van der Waals surface area contributed by atoms with Gasteiger partial charge >= 0.3 is 0 Å². The maximum Gasteiger partial charge on any atom is 0.279 e. The molecule has 1 fully saturated rings. The molecule has 0 saturated carbocycles. The first-order chi connectivity index (χ1) is 19.1. The molecular formula is C27H27ClN8O3S. The van der Waals surface area contributed by atoms with Crippen LogP contribution < -0.4 is 16.8 Å². The zero-order valence-corrected chi connectivity index (χ0v) is 23.0. The van der Waals surface area contributed by atoms with E-state index in [0.717, 1.165) is 22.5 Å². The molecule has 4 heterocycles. The van der Waals surface area contributed by atoms with Gasteiger partial charge < -0.3 is 16.8 Å². The zero-order valence-electron chi connectivity index (χ0n) is 21.5. The number of rotatable bonds is 4. The lowest BCUT2D eigenvalue weighted by molar-refractivity contribution is 0.0972. The van der Waals surface area contributed by atoms with Crippen LogP contribution >= 0.6 is 11.6 Å². The Morgan fingerprint density at radius 3 is 2.50 bits per heavy atom. The van der Waals surface area contributed by atoms with Crippen molar-refractivity contribution in [2.75, 3.05) is 24.6 Å². The minimum atomic E-state index is -3.68. The SMILES string of the molecule is Nc1nc(N)c(C(=O)NC2=NC3(CC2)CCN(S(=O)(=O)c2ccc4c(c2)CC(c2ccccc2)=N4)CC3)nc1Cl. The van der Waals surface area contributed by atoms with Gasteiger partial charge in [0.1, 0.15) is 5.84 Å². The van der Waals surface area contributed by atoms with Gasteiger partial charge in [-0.1, -0.05) is 41.9 Å². The summed E-state index contributed by atoms with van der Waals surface area (Å²) in [5.41, 5.74) is 14.5. The van der Waals surface area contributed by atoms with Gasteiger partial charge in [0.05, 0.1) is 21.8 Å². The van der Waals surface area contributed by atoms with Gasteiger partial charge in [0.15, 0.2) is 22.5 Å². The van der Waals surface area contributed by atoms with E-state index >= 15 is 0 Å². The van der Waals surface area contributed by atoms with Crippen LogP contribution in [0.2, 0.25) is 5.15 Å². The van der Waals surface area contributed by atoms with Crippen LogP contribution in [0.3, 0.4) is 0 Å². The van der Waals surface area contributed by atoms with E-state index in [2.05, 4.69) is 15.3 Å². The number of fused-ring (bicyclic) bond motifs is 1. The Morgan fingerprint density at radius 2 is 1.75 bits per heavy atom. The molecular weight excluding hydrogens is 552 g/mol.